The molecule has 1 aliphatic heterocycles. The molecule has 0 unspecified atom stereocenters. The first-order valence-corrected chi connectivity index (χ1v) is 13.2. The van der Waals surface area contributed by atoms with E-state index in [0.717, 1.165) is 47.6 Å². The Labute approximate surface area is 218 Å². The highest BCUT2D eigenvalue weighted by Crippen LogP contribution is 2.36. The standard InChI is InChI=1S/C29H36ClNO5/c30-24-13-11-23(12-14-24)22-9-7-21(8-10-22)20-36-27-19-26(32)29(31-15-17-35-18-16-31)25(27)5-3-1-2-4-6-28(33)34/h1,3,7-14,25-27,29,32H,2,4-6,15-20H2,(H,33,34)/b3-1-/t25-,26+,27-,29+/m0/s1. The van der Waals surface area contributed by atoms with Crippen molar-refractivity contribution in [2.75, 3.05) is 26.3 Å². The third-order valence-corrected chi connectivity index (χ3v) is 7.44. The lowest BCUT2D eigenvalue weighted by Gasteiger charge is -2.37. The van der Waals surface area contributed by atoms with Crippen LogP contribution in [0.3, 0.4) is 0 Å². The van der Waals surface area contributed by atoms with Gasteiger partial charge in [-0.3, -0.25) is 9.69 Å². The van der Waals surface area contributed by atoms with Gasteiger partial charge in [0, 0.05) is 42.9 Å². The highest BCUT2D eigenvalue weighted by molar-refractivity contribution is 6.30. The lowest BCUT2D eigenvalue weighted by Crippen LogP contribution is -2.50. The number of carboxylic acids is 1. The van der Waals surface area contributed by atoms with Crippen LogP contribution in [-0.2, 0) is 20.9 Å². The van der Waals surface area contributed by atoms with Crippen LogP contribution in [0.5, 0.6) is 0 Å². The third-order valence-electron chi connectivity index (χ3n) is 7.18. The predicted molar refractivity (Wildman–Crippen MR) is 141 cm³/mol. The third kappa shape index (κ3) is 7.40. The highest BCUT2D eigenvalue weighted by Gasteiger charge is 2.45. The van der Waals surface area contributed by atoms with Crippen molar-refractivity contribution in [2.45, 2.75) is 57.0 Å². The fourth-order valence-corrected chi connectivity index (χ4v) is 5.44. The number of nitrogens with zero attached hydrogens (tertiary/aromatic N) is 1. The number of aliphatic hydroxyl groups excluding tert-OH is 1. The summed E-state index contributed by atoms with van der Waals surface area (Å²) in [4.78, 5) is 13.1. The van der Waals surface area contributed by atoms with E-state index in [0.29, 0.717) is 32.7 Å². The van der Waals surface area contributed by atoms with E-state index in [1.165, 1.54) is 0 Å². The Morgan fingerprint density at radius 1 is 1.06 bits per heavy atom. The van der Waals surface area contributed by atoms with Crippen LogP contribution in [0.15, 0.2) is 60.7 Å². The van der Waals surface area contributed by atoms with Crippen LogP contribution in [0.25, 0.3) is 11.1 Å². The van der Waals surface area contributed by atoms with Crippen molar-refractivity contribution in [2.24, 2.45) is 5.92 Å². The molecule has 36 heavy (non-hydrogen) atoms. The first kappa shape index (κ1) is 26.8. The quantitative estimate of drug-likeness (QED) is 0.318. The van der Waals surface area contributed by atoms with Gasteiger partial charge in [0.1, 0.15) is 0 Å². The predicted octanol–water partition coefficient (Wildman–Crippen LogP) is 5.18. The van der Waals surface area contributed by atoms with Crippen LogP contribution >= 0.6 is 11.6 Å². The van der Waals surface area contributed by atoms with Gasteiger partial charge in [0.2, 0.25) is 0 Å². The van der Waals surface area contributed by atoms with Gasteiger partial charge in [-0.15, -0.1) is 0 Å². The van der Waals surface area contributed by atoms with E-state index >= 15 is 0 Å². The minimum Gasteiger partial charge on any atom is -0.481 e. The Kier molecular flexibility index (Phi) is 9.96. The Hall–Kier alpha value is -2.22. The van der Waals surface area contributed by atoms with Gasteiger partial charge >= 0.3 is 5.97 Å². The molecule has 2 aromatic carbocycles. The second-order valence-electron chi connectivity index (χ2n) is 9.65. The summed E-state index contributed by atoms with van der Waals surface area (Å²) < 4.78 is 11.9. The molecule has 0 spiro atoms. The summed E-state index contributed by atoms with van der Waals surface area (Å²) in [5.74, 6) is -0.591. The molecule has 0 amide bonds. The summed E-state index contributed by atoms with van der Waals surface area (Å²) in [7, 11) is 0. The van der Waals surface area contributed by atoms with E-state index < -0.39 is 12.1 Å². The van der Waals surface area contributed by atoms with Gasteiger partial charge in [-0.1, -0.05) is 60.2 Å². The van der Waals surface area contributed by atoms with E-state index in [1.807, 2.05) is 24.3 Å². The lowest BCUT2D eigenvalue weighted by molar-refractivity contribution is -0.137. The summed E-state index contributed by atoms with van der Waals surface area (Å²) in [6.45, 7) is 3.50. The number of aliphatic carboxylic acids is 1. The fourth-order valence-electron chi connectivity index (χ4n) is 5.31. The molecule has 2 N–H and O–H groups in total. The van der Waals surface area contributed by atoms with E-state index in [4.69, 9.17) is 26.2 Å². The average molecular weight is 514 g/mol. The molecule has 0 bridgehead atoms. The molecule has 4 atom stereocenters. The van der Waals surface area contributed by atoms with Gasteiger partial charge in [-0.25, -0.2) is 0 Å². The van der Waals surface area contributed by atoms with Gasteiger partial charge in [0.25, 0.3) is 0 Å². The molecular weight excluding hydrogens is 478 g/mol. The van der Waals surface area contributed by atoms with Gasteiger partial charge in [-0.05, 0) is 48.1 Å². The number of aliphatic hydroxyl groups is 1. The van der Waals surface area contributed by atoms with Crippen LogP contribution in [0, 0.1) is 5.92 Å². The van der Waals surface area contributed by atoms with Crippen LogP contribution in [-0.4, -0.2) is 65.6 Å². The molecule has 2 fully saturated rings. The molecule has 0 aromatic heterocycles. The van der Waals surface area contributed by atoms with Crippen LogP contribution in [0.4, 0.5) is 0 Å². The molecule has 4 rings (SSSR count). The van der Waals surface area contributed by atoms with Gasteiger partial charge in [0.05, 0.1) is 32.0 Å². The molecule has 1 saturated carbocycles. The minimum absolute atomic E-state index is 0.0369. The first-order valence-electron chi connectivity index (χ1n) is 12.8. The second-order valence-corrected chi connectivity index (χ2v) is 10.1. The van der Waals surface area contributed by atoms with Crippen LogP contribution in [0.2, 0.25) is 5.02 Å². The fraction of sp³-hybridized carbons (Fsp3) is 0.483. The first-order chi connectivity index (χ1) is 17.5. The van der Waals surface area contributed by atoms with Crippen molar-refractivity contribution in [3.05, 3.63) is 71.3 Å². The molecule has 2 aliphatic rings. The number of unbranched alkanes of at least 4 members (excludes halogenated alkanes) is 1. The molecule has 7 heteroatoms. The Morgan fingerprint density at radius 3 is 2.39 bits per heavy atom. The Balaban J connectivity index is 1.38. The van der Waals surface area contributed by atoms with Crippen molar-refractivity contribution >= 4 is 17.6 Å². The van der Waals surface area contributed by atoms with Crippen molar-refractivity contribution in [1.29, 1.82) is 0 Å². The summed E-state index contributed by atoms with van der Waals surface area (Å²) >= 11 is 6.01. The molecule has 1 aliphatic carbocycles. The zero-order chi connectivity index (χ0) is 25.3. The van der Waals surface area contributed by atoms with Gasteiger partial charge in [-0.2, -0.15) is 0 Å². The lowest BCUT2D eigenvalue weighted by atomic mass is 9.94. The minimum atomic E-state index is -0.760. The van der Waals surface area contributed by atoms with Gasteiger partial charge < -0.3 is 19.7 Å². The van der Waals surface area contributed by atoms with Gasteiger partial charge in [0.15, 0.2) is 0 Å². The number of carbonyl (C=O) groups is 1. The van der Waals surface area contributed by atoms with Crippen LogP contribution in [0.1, 0.15) is 37.7 Å². The SMILES string of the molecule is O=C(O)CCC/C=C\C[C@@H]1[C@@H](N2CCOCC2)[C@H](O)C[C@@H]1OCc1ccc(-c2ccc(Cl)cc2)cc1. The number of morpholine rings is 1. The summed E-state index contributed by atoms with van der Waals surface area (Å²) in [5.41, 5.74) is 3.35. The molecule has 6 nitrogen and oxygen atoms in total. The Morgan fingerprint density at radius 2 is 1.72 bits per heavy atom. The molecular formula is C29H36ClNO5. The summed E-state index contributed by atoms with van der Waals surface area (Å²) in [6.07, 6.45) is 6.69. The molecule has 1 heterocycles. The largest absolute Gasteiger partial charge is 0.481 e. The number of benzene rings is 2. The second kappa shape index (κ2) is 13.4. The average Bonchev–Trinajstić information content (AvgIpc) is 3.20. The number of ether oxygens (including phenoxy) is 2. The number of hydrogen-bond acceptors (Lipinski definition) is 5. The normalized spacial score (nSPS) is 24.9. The number of halogens is 1. The van der Waals surface area contributed by atoms with Crippen molar-refractivity contribution in [3.63, 3.8) is 0 Å². The number of hydrogen-bond donors (Lipinski definition) is 2. The molecule has 1 saturated heterocycles. The summed E-state index contributed by atoms with van der Waals surface area (Å²) in [6, 6.07) is 16.2. The maximum absolute atomic E-state index is 11.0. The molecule has 2 aromatic rings. The summed E-state index contributed by atoms with van der Waals surface area (Å²) in [5, 5.41) is 20.6. The van der Waals surface area contributed by atoms with E-state index in [9.17, 15) is 9.90 Å². The Bertz CT molecular complexity index is 988. The monoisotopic (exact) mass is 513 g/mol. The van der Waals surface area contributed by atoms with Crippen LogP contribution < -0.4 is 0 Å². The van der Waals surface area contributed by atoms with Crippen molar-refractivity contribution in [3.8, 4) is 11.1 Å². The van der Waals surface area contributed by atoms with Crippen molar-refractivity contribution in [1.82, 2.24) is 4.90 Å². The maximum atomic E-state index is 11.0. The van der Waals surface area contributed by atoms with E-state index in [-0.39, 0.29) is 24.5 Å². The maximum Gasteiger partial charge on any atom is 0.303 e. The zero-order valence-electron chi connectivity index (χ0n) is 20.6. The smallest absolute Gasteiger partial charge is 0.303 e. The van der Waals surface area contributed by atoms with E-state index in [2.05, 4.69) is 41.3 Å². The number of allylic oxidation sites excluding steroid dienone is 2. The van der Waals surface area contributed by atoms with Crippen molar-refractivity contribution < 1.29 is 24.5 Å². The van der Waals surface area contributed by atoms with E-state index in [1.54, 1.807) is 0 Å². The zero-order valence-corrected chi connectivity index (χ0v) is 21.4. The molecule has 0 radical (unpaired) electrons. The number of carboxylic acid groups (broad SMARTS) is 1. The topological polar surface area (TPSA) is 79.2 Å². The number of rotatable bonds is 11. The molecule has 194 valence electrons. The highest BCUT2D eigenvalue weighted by atomic mass is 35.5.